The predicted molar refractivity (Wildman–Crippen MR) is 69.7 cm³/mol. The van der Waals surface area contributed by atoms with E-state index in [-0.39, 0.29) is 24.0 Å². The van der Waals surface area contributed by atoms with Crippen LogP contribution in [0.2, 0.25) is 0 Å². The lowest BCUT2D eigenvalue weighted by Gasteiger charge is -2.11. The van der Waals surface area contributed by atoms with Crippen LogP contribution in [-0.4, -0.2) is 0 Å². The van der Waals surface area contributed by atoms with E-state index in [0.29, 0.717) is 5.56 Å². The van der Waals surface area contributed by atoms with Gasteiger partial charge in [0.25, 0.3) is 0 Å². The standard InChI is InChI=1S/C15H14F3NO/c1-9(19)10-5-6-14(13(17)7-10)20-8-11-3-2-4-12(16)15(11)18/h2-7,9H,8,19H2,1H3/t9-/m0/s1. The van der Waals surface area contributed by atoms with Crippen molar-refractivity contribution in [3.05, 3.63) is 65.0 Å². The number of hydrogen-bond acceptors (Lipinski definition) is 2. The minimum atomic E-state index is -0.986. The number of rotatable bonds is 4. The summed E-state index contributed by atoms with van der Waals surface area (Å²) >= 11 is 0. The fourth-order valence-corrected chi connectivity index (χ4v) is 1.73. The summed E-state index contributed by atoms with van der Waals surface area (Å²) in [5.41, 5.74) is 6.30. The van der Waals surface area contributed by atoms with Gasteiger partial charge in [-0.15, -0.1) is 0 Å². The highest BCUT2D eigenvalue weighted by atomic mass is 19.2. The number of halogens is 3. The van der Waals surface area contributed by atoms with Gasteiger partial charge in [-0.05, 0) is 30.7 Å². The maximum atomic E-state index is 13.7. The quantitative estimate of drug-likeness (QED) is 0.927. The molecule has 2 N–H and O–H groups in total. The van der Waals surface area contributed by atoms with Crippen LogP contribution < -0.4 is 10.5 Å². The Kier molecular flexibility index (Phi) is 4.29. The van der Waals surface area contributed by atoms with E-state index in [9.17, 15) is 13.2 Å². The summed E-state index contributed by atoms with van der Waals surface area (Å²) in [6.07, 6.45) is 0. The maximum Gasteiger partial charge on any atom is 0.165 e. The molecular weight excluding hydrogens is 267 g/mol. The zero-order chi connectivity index (χ0) is 14.7. The lowest BCUT2D eigenvalue weighted by molar-refractivity contribution is 0.282. The van der Waals surface area contributed by atoms with Gasteiger partial charge in [0.05, 0.1) is 0 Å². The van der Waals surface area contributed by atoms with E-state index >= 15 is 0 Å². The van der Waals surface area contributed by atoms with Crippen molar-refractivity contribution in [1.82, 2.24) is 0 Å². The van der Waals surface area contributed by atoms with Gasteiger partial charge >= 0.3 is 0 Å². The van der Waals surface area contributed by atoms with Crippen LogP contribution in [0.1, 0.15) is 24.1 Å². The van der Waals surface area contributed by atoms with Gasteiger partial charge in [0.1, 0.15) is 6.61 Å². The van der Waals surface area contributed by atoms with E-state index in [1.807, 2.05) is 0 Å². The van der Waals surface area contributed by atoms with Gasteiger partial charge in [-0.2, -0.15) is 0 Å². The highest BCUT2D eigenvalue weighted by molar-refractivity contribution is 5.31. The molecule has 0 saturated heterocycles. The second-order valence-corrected chi connectivity index (χ2v) is 4.48. The van der Waals surface area contributed by atoms with Crippen molar-refractivity contribution in [2.45, 2.75) is 19.6 Å². The van der Waals surface area contributed by atoms with Crippen molar-refractivity contribution in [3.63, 3.8) is 0 Å². The zero-order valence-electron chi connectivity index (χ0n) is 10.9. The zero-order valence-corrected chi connectivity index (χ0v) is 10.9. The molecule has 2 aromatic rings. The Morgan fingerprint density at radius 3 is 2.50 bits per heavy atom. The molecule has 0 unspecified atom stereocenters. The molecule has 0 saturated carbocycles. The average molecular weight is 281 g/mol. The Bertz CT molecular complexity index is 614. The molecule has 1 atom stereocenters. The molecule has 0 fully saturated rings. The smallest absolute Gasteiger partial charge is 0.165 e. The summed E-state index contributed by atoms with van der Waals surface area (Å²) in [5.74, 6) is -2.56. The van der Waals surface area contributed by atoms with Crippen molar-refractivity contribution < 1.29 is 17.9 Å². The third-order valence-electron chi connectivity index (χ3n) is 2.90. The largest absolute Gasteiger partial charge is 0.486 e. The van der Waals surface area contributed by atoms with E-state index in [0.717, 1.165) is 6.07 Å². The van der Waals surface area contributed by atoms with Crippen molar-refractivity contribution in [1.29, 1.82) is 0 Å². The first kappa shape index (κ1) is 14.4. The summed E-state index contributed by atoms with van der Waals surface area (Å²) < 4.78 is 45.3. The first-order valence-electron chi connectivity index (χ1n) is 6.09. The van der Waals surface area contributed by atoms with Crippen LogP contribution in [-0.2, 0) is 6.61 Å². The molecule has 0 heterocycles. The first-order chi connectivity index (χ1) is 9.49. The van der Waals surface area contributed by atoms with Crippen LogP contribution >= 0.6 is 0 Å². The molecule has 20 heavy (non-hydrogen) atoms. The molecule has 0 bridgehead atoms. The molecule has 0 aromatic heterocycles. The molecule has 0 aliphatic carbocycles. The van der Waals surface area contributed by atoms with Crippen LogP contribution in [0.5, 0.6) is 5.75 Å². The third-order valence-corrected chi connectivity index (χ3v) is 2.90. The monoisotopic (exact) mass is 281 g/mol. The predicted octanol–water partition coefficient (Wildman–Crippen LogP) is 3.70. The highest BCUT2D eigenvalue weighted by Gasteiger charge is 2.11. The molecule has 2 nitrogen and oxygen atoms in total. The summed E-state index contributed by atoms with van der Waals surface area (Å²) in [7, 11) is 0. The Morgan fingerprint density at radius 1 is 1.10 bits per heavy atom. The van der Waals surface area contributed by atoms with Gasteiger partial charge in [0.2, 0.25) is 0 Å². The summed E-state index contributed by atoms with van der Waals surface area (Å²) in [5, 5.41) is 0. The third kappa shape index (κ3) is 3.11. The Labute approximate surface area is 115 Å². The van der Waals surface area contributed by atoms with Gasteiger partial charge in [-0.25, -0.2) is 13.2 Å². The van der Waals surface area contributed by atoms with Crippen molar-refractivity contribution in [2.75, 3.05) is 0 Å². The van der Waals surface area contributed by atoms with Gasteiger partial charge in [-0.1, -0.05) is 18.2 Å². The van der Waals surface area contributed by atoms with Crippen molar-refractivity contribution >= 4 is 0 Å². The molecule has 0 amide bonds. The van der Waals surface area contributed by atoms with E-state index in [1.165, 1.54) is 24.3 Å². The van der Waals surface area contributed by atoms with Crippen LogP contribution in [0.15, 0.2) is 36.4 Å². The van der Waals surface area contributed by atoms with Crippen LogP contribution in [0.4, 0.5) is 13.2 Å². The van der Waals surface area contributed by atoms with Crippen LogP contribution in [0.25, 0.3) is 0 Å². The fourth-order valence-electron chi connectivity index (χ4n) is 1.73. The van der Waals surface area contributed by atoms with Crippen molar-refractivity contribution in [3.8, 4) is 5.75 Å². The maximum absolute atomic E-state index is 13.7. The fraction of sp³-hybridized carbons (Fsp3) is 0.200. The number of nitrogens with two attached hydrogens (primary N) is 1. The molecule has 0 aliphatic heterocycles. The second-order valence-electron chi connectivity index (χ2n) is 4.48. The van der Waals surface area contributed by atoms with Gasteiger partial charge < -0.3 is 10.5 Å². The highest BCUT2D eigenvalue weighted by Crippen LogP contribution is 2.22. The van der Waals surface area contributed by atoms with E-state index in [4.69, 9.17) is 10.5 Å². The van der Waals surface area contributed by atoms with Crippen LogP contribution in [0, 0.1) is 17.5 Å². The second kappa shape index (κ2) is 5.96. The minimum absolute atomic E-state index is 0.0284. The Balaban J connectivity index is 2.13. The number of hydrogen-bond donors (Lipinski definition) is 1. The first-order valence-corrected chi connectivity index (χ1v) is 6.09. The summed E-state index contributed by atoms with van der Waals surface area (Å²) in [4.78, 5) is 0. The van der Waals surface area contributed by atoms with E-state index < -0.39 is 17.5 Å². The van der Waals surface area contributed by atoms with Gasteiger partial charge in [-0.3, -0.25) is 0 Å². The number of benzene rings is 2. The van der Waals surface area contributed by atoms with Crippen molar-refractivity contribution in [2.24, 2.45) is 5.73 Å². The molecule has 106 valence electrons. The Morgan fingerprint density at radius 2 is 1.85 bits per heavy atom. The number of ether oxygens (including phenoxy) is 1. The SMILES string of the molecule is C[C@H](N)c1ccc(OCc2cccc(F)c2F)c(F)c1. The molecule has 2 aromatic carbocycles. The van der Waals surface area contributed by atoms with Crippen LogP contribution in [0.3, 0.4) is 0 Å². The molecular formula is C15H14F3NO. The lowest BCUT2D eigenvalue weighted by Crippen LogP contribution is -2.06. The molecule has 0 spiro atoms. The molecule has 0 radical (unpaired) electrons. The molecule has 5 heteroatoms. The van der Waals surface area contributed by atoms with E-state index in [2.05, 4.69) is 0 Å². The summed E-state index contributed by atoms with van der Waals surface area (Å²) in [6, 6.07) is 7.79. The molecule has 2 rings (SSSR count). The normalized spacial score (nSPS) is 12.2. The minimum Gasteiger partial charge on any atom is -0.486 e. The van der Waals surface area contributed by atoms with Gasteiger partial charge in [0.15, 0.2) is 23.2 Å². The lowest BCUT2D eigenvalue weighted by atomic mass is 10.1. The average Bonchev–Trinajstić information content (AvgIpc) is 2.41. The molecule has 0 aliphatic rings. The van der Waals surface area contributed by atoms with Gasteiger partial charge in [0, 0.05) is 11.6 Å². The topological polar surface area (TPSA) is 35.2 Å². The Hall–Kier alpha value is -2.01. The van der Waals surface area contributed by atoms with E-state index in [1.54, 1.807) is 13.0 Å². The summed E-state index contributed by atoms with van der Waals surface area (Å²) in [6.45, 7) is 1.48.